The number of hydrogen-bond donors (Lipinski definition) is 0. The lowest BCUT2D eigenvalue weighted by Crippen LogP contribution is -2.47. The monoisotopic (exact) mass is 346 g/mol. The summed E-state index contributed by atoms with van der Waals surface area (Å²) in [6.45, 7) is 6.74. The van der Waals surface area contributed by atoms with Crippen LogP contribution < -0.4 is 4.90 Å². The van der Waals surface area contributed by atoms with Crippen molar-refractivity contribution in [3.63, 3.8) is 0 Å². The molecule has 0 spiro atoms. The fourth-order valence-electron chi connectivity index (χ4n) is 4.42. The van der Waals surface area contributed by atoms with E-state index in [0.29, 0.717) is 11.7 Å². The third kappa shape index (κ3) is 5.27. The minimum absolute atomic E-state index is 0.113. The van der Waals surface area contributed by atoms with Crippen molar-refractivity contribution < 1.29 is 9.18 Å². The van der Waals surface area contributed by atoms with Gasteiger partial charge < -0.3 is 9.69 Å². The Hall–Kier alpha value is -1.42. The molecule has 1 heterocycles. The van der Waals surface area contributed by atoms with Gasteiger partial charge in [0.25, 0.3) is 0 Å². The normalized spacial score (nSPS) is 25.1. The smallest absolute Gasteiger partial charge is 0.146 e. The van der Waals surface area contributed by atoms with Gasteiger partial charge in [-0.25, -0.2) is 4.39 Å². The van der Waals surface area contributed by atoms with E-state index < -0.39 is 0 Å². The molecule has 0 unspecified atom stereocenters. The Labute approximate surface area is 151 Å². The number of hydrogen-bond acceptors (Lipinski definition) is 3. The Kier molecular flexibility index (Phi) is 6.46. The second-order valence-electron chi connectivity index (χ2n) is 7.86. The van der Waals surface area contributed by atoms with E-state index in [2.05, 4.69) is 9.80 Å². The lowest BCUT2D eigenvalue weighted by Gasteiger charge is -2.37. The Morgan fingerprint density at radius 1 is 1.04 bits per heavy atom. The van der Waals surface area contributed by atoms with Crippen LogP contribution in [0.4, 0.5) is 10.1 Å². The summed E-state index contributed by atoms with van der Waals surface area (Å²) in [5.41, 5.74) is 0.742. The predicted octanol–water partition coefficient (Wildman–Crippen LogP) is 4.12. The van der Waals surface area contributed by atoms with Crippen molar-refractivity contribution in [2.24, 2.45) is 11.8 Å². The molecule has 0 atom stereocenters. The molecule has 4 heteroatoms. The molecule has 2 fully saturated rings. The Morgan fingerprint density at radius 3 is 2.32 bits per heavy atom. The van der Waals surface area contributed by atoms with Crippen LogP contribution >= 0.6 is 0 Å². The minimum atomic E-state index is -0.113. The molecule has 0 amide bonds. The fraction of sp³-hybridized carbons (Fsp3) is 0.667. The van der Waals surface area contributed by atoms with Crippen LogP contribution in [0.1, 0.15) is 45.4 Å². The SMILES string of the molecule is CC(=O)C[C@H]1CC[C@H](CCN2CCN(c3ccccc3F)CC2)CC1. The average molecular weight is 346 g/mol. The average Bonchev–Trinajstić information content (AvgIpc) is 2.62. The van der Waals surface area contributed by atoms with E-state index in [-0.39, 0.29) is 5.82 Å². The summed E-state index contributed by atoms with van der Waals surface area (Å²) in [7, 11) is 0. The second-order valence-corrected chi connectivity index (χ2v) is 7.86. The van der Waals surface area contributed by atoms with Crippen LogP contribution in [0, 0.1) is 17.7 Å². The Morgan fingerprint density at radius 2 is 1.68 bits per heavy atom. The molecule has 1 aromatic carbocycles. The molecule has 0 N–H and O–H groups in total. The molecule has 0 bridgehead atoms. The number of anilines is 1. The standard InChI is InChI=1S/C21H31FN2O/c1-17(25)16-19-8-6-18(7-9-19)10-11-23-12-14-24(15-13-23)21-5-3-2-4-20(21)22/h2-5,18-19H,6-16H2,1H3/t18-,19-. The van der Waals surface area contributed by atoms with Crippen molar-refractivity contribution in [1.82, 2.24) is 4.90 Å². The van der Waals surface area contributed by atoms with Crippen LogP contribution in [0.25, 0.3) is 0 Å². The van der Waals surface area contributed by atoms with E-state index in [9.17, 15) is 9.18 Å². The maximum absolute atomic E-state index is 13.9. The van der Waals surface area contributed by atoms with Gasteiger partial charge in [0.2, 0.25) is 0 Å². The predicted molar refractivity (Wildman–Crippen MR) is 100 cm³/mol. The molecule has 138 valence electrons. The van der Waals surface area contributed by atoms with Gasteiger partial charge >= 0.3 is 0 Å². The zero-order valence-corrected chi connectivity index (χ0v) is 15.4. The second kappa shape index (κ2) is 8.79. The highest BCUT2D eigenvalue weighted by Crippen LogP contribution is 2.33. The summed E-state index contributed by atoms with van der Waals surface area (Å²) in [5.74, 6) is 1.69. The van der Waals surface area contributed by atoms with Gasteiger partial charge in [-0.2, -0.15) is 0 Å². The van der Waals surface area contributed by atoms with Crippen molar-refractivity contribution in [2.45, 2.75) is 45.4 Å². The number of benzene rings is 1. The van der Waals surface area contributed by atoms with E-state index in [0.717, 1.165) is 50.7 Å². The number of rotatable bonds is 6. The minimum Gasteiger partial charge on any atom is -0.367 e. The molecule has 25 heavy (non-hydrogen) atoms. The molecular weight excluding hydrogens is 315 g/mol. The van der Waals surface area contributed by atoms with Gasteiger partial charge in [-0.1, -0.05) is 25.0 Å². The molecule has 1 saturated carbocycles. The zero-order chi connectivity index (χ0) is 17.6. The van der Waals surface area contributed by atoms with Gasteiger partial charge in [0.15, 0.2) is 0 Å². The first-order valence-electron chi connectivity index (χ1n) is 9.83. The largest absolute Gasteiger partial charge is 0.367 e. The molecule has 1 aliphatic heterocycles. The van der Waals surface area contributed by atoms with Crippen molar-refractivity contribution in [2.75, 3.05) is 37.6 Å². The van der Waals surface area contributed by atoms with Crippen LogP contribution in [-0.2, 0) is 4.79 Å². The van der Waals surface area contributed by atoms with Crippen LogP contribution in [0.2, 0.25) is 0 Å². The topological polar surface area (TPSA) is 23.6 Å². The summed E-state index contributed by atoms with van der Waals surface area (Å²) in [4.78, 5) is 15.9. The van der Waals surface area contributed by atoms with Gasteiger partial charge in [-0.05, 0) is 56.7 Å². The van der Waals surface area contributed by atoms with Crippen molar-refractivity contribution in [3.05, 3.63) is 30.1 Å². The van der Waals surface area contributed by atoms with E-state index >= 15 is 0 Å². The maximum Gasteiger partial charge on any atom is 0.146 e. The van der Waals surface area contributed by atoms with Crippen LogP contribution in [0.5, 0.6) is 0 Å². The Balaban J connectivity index is 1.36. The lowest BCUT2D eigenvalue weighted by molar-refractivity contribution is -0.118. The molecule has 1 aromatic rings. The summed E-state index contributed by atoms with van der Waals surface area (Å²) in [6, 6.07) is 7.09. The van der Waals surface area contributed by atoms with Crippen molar-refractivity contribution >= 4 is 11.5 Å². The highest BCUT2D eigenvalue weighted by atomic mass is 19.1. The maximum atomic E-state index is 13.9. The number of nitrogens with zero attached hydrogens (tertiary/aromatic N) is 2. The summed E-state index contributed by atoms with van der Waals surface area (Å²) in [5, 5.41) is 0. The van der Waals surface area contributed by atoms with Crippen LogP contribution in [0.3, 0.4) is 0 Å². The lowest BCUT2D eigenvalue weighted by atomic mass is 9.78. The summed E-state index contributed by atoms with van der Waals surface area (Å²) < 4.78 is 13.9. The molecule has 3 nitrogen and oxygen atoms in total. The number of halogens is 1. The quantitative estimate of drug-likeness (QED) is 0.774. The van der Waals surface area contributed by atoms with E-state index in [1.807, 2.05) is 12.1 Å². The molecule has 1 saturated heterocycles. The first-order valence-corrected chi connectivity index (χ1v) is 9.83. The summed E-state index contributed by atoms with van der Waals surface area (Å²) in [6.07, 6.45) is 7.08. The zero-order valence-electron chi connectivity index (χ0n) is 15.4. The van der Waals surface area contributed by atoms with Crippen molar-refractivity contribution in [3.8, 4) is 0 Å². The molecule has 1 aliphatic carbocycles. The number of para-hydroxylation sites is 1. The number of piperazine rings is 1. The fourth-order valence-corrected chi connectivity index (χ4v) is 4.42. The van der Waals surface area contributed by atoms with Crippen molar-refractivity contribution in [1.29, 1.82) is 0 Å². The molecule has 3 rings (SSSR count). The first-order chi connectivity index (χ1) is 12.1. The molecule has 0 aromatic heterocycles. The van der Waals surface area contributed by atoms with Gasteiger partial charge in [-0.3, -0.25) is 4.90 Å². The molecule has 2 aliphatic rings. The van der Waals surface area contributed by atoms with Gasteiger partial charge in [0, 0.05) is 32.6 Å². The molecule has 0 radical (unpaired) electrons. The van der Waals surface area contributed by atoms with E-state index in [1.165, 1.54) is 32.1 Å². The van der Waals surface area contributed by atoms with Gasteiger partial charge in [-0.15, -0.1) is 0 Å². The number of Topliss-reactive ketones (excluding diaryl/α,β-unsaturated/α-hetero) is 1. The van der Waals surface area contributed by atoms with E-state index in [1.54, 1.807) is 19.1 Å². The third-order valence-electron chi connectivity index (χ3n) is 5.96. The van der Waals surface area contributed by atoms with Crippen LogP contribution in [0.15, 0.2) is 24.3 Å². The first kappa shape index (κ1) is 18.4. The molecular formula is C21H31FN2O. The van der Waals surface area contributed by atoms with Gasteiger partial charge in [0.1, 0.15) is 11.6 Å². The Bertz CT molecular complexity index is 561. The van der Waals surface area contributed by atoms with E-state index in [4.69, 9.17) is 0 Å². The van der Waals surface area contributed by atoms with Gasteiger partial charge in [0.05, 0.1) is 5.69 Å². The highest BCUT2D eigenvalue weighted by Gasteiger charge is 2.24. The third-order valence-corrected chi connectivity index (χ3v) is 5.96. The number of ketones is 1. The number of carbonyl (C=O) groups is 1. The highest BCUT2D eigenvalue weighted by molar-refractivity contribution is 5.75. The van der Waals surface area contributed by atoms with Crippen LogP contribution in [-0.4, -0.2) is 43.4 Å². The summed E-state index contributed by atoms with van der Waals surface area (Å²) >= 11 is 0. The number of carbonyl (C=O) groups excluding carboxylic acids is 1.